The first-order valence-electron chi connectivity index (χ1n) is 8.94. The van der Waals surface area contributed by atoms with Gasteiger partial charge in [0.15, 0.2) is 4.34 Å². The van der Waals surface area contributed by atoms with Crippen LogP contribution in [0.25, 0.3) is 10.9 Å². The molecule has 2 aromatic carbocycles. The molecule has 0 spiro atoms. The monoisotopic (exact) mass is 423 g/mol. The molecule has 1 amide bonds. The minimum Gasteiger partial charge on any atom is -0.300 e. The molecule has 0 atom stereocenters. The summed E-state index contributed by atoms with van der Waals surface area (Å²) in [4.78, 5) is 24.2. The van der Waals surface area contributed by atoms with Gasteiger partial charge in [-0.05, 0) is 17.7 Å². The van der Waals surface area contributed by atoms with E-state index in [1.165, 1.54) is 23.1 Å². The molecule has 0 unspecified atom stereocenters. The minimum atomic E-state index is -0.176. The Morgan fingerprint density at radius 1 is 1.07 bits per heavy atom. The van der Waals surface area contributed by atoms with Gasteiger partial charge in [-0.2, -0.15) is 5.10 Å². The molecule has 4 aromatic rings. The number of aromatic nitrogens is 4. The zero-order valence-corrected chi connectivity index (χ0v) is 16.9. The average Bonchev–Trinajstić information content (AvgIpc) is 3.20. The van der Waals surface area contributed by atoms with E-state index < -0.39 is 0 Å². The SMILES string of the molecule is O=C(CCn1ncc(=O)c2ccccc21)Nc1nnc(SCc2ccccc2)s1. The first kappa shape index (κ1) is 19.3. The van der Waals surface area contributed by atoms with Gasteiger partial charge in [0.25, 0.3) is 0 Å². The van der Waals surface area contributed by atoms with Gasteiger partial charge in [-0.3, -0.25) is 14.3 Å². The van der Waals surface area contributed by atoms with Crippen LogP contribution in [0, 0.1) is 0 Å². The quantitative estimate of drug-likeness (QED) is 0.361. The maximum atomic E-state index is 12.3. The van der Waals surface area contributed by atoms with Gasteiger partial charge in [0.05, 0.1) is 18.3 Å². The van der Waals surface area contributed by atoms with Crippen LogP contribution < -0.4 is 10.7 Å². The van der Waals surface area contributed by atoms with Crippen molar-refractivity contribution in [2.75, 3.05) is 5.32 Å². The number of anilines is 1. The molecule has 29 heavy (non-hydrogen) atoms. The number of hydrogen-bond acceptors (Lipinski definition) is 7. The summed E-state index contributed by atoms with van der Waals surface area (Å²) >= 11 is 2.94. The van der Waals surface area contributed by atoms with Crippen molar-refractivity contribution in [2.45, 2.75) is 23.1 Å². The Morgan fingerprint density at radius 3 is 2.72 bits per heavy atom. The lowest BCUT2D eigenvalue weighted by atomic mass is 10.2. The normalized spacial score (nSPS) is 10.9. The van der Waals surface area contributed by atoms with Gasteiger partial charge < -0.3 is 5.32 Å². The number of nitrogens with one attached hydrogen (secondary N) is 1. The first-order valence-corrected chi connectivity index (χ1v) is 10.7. The summed E-state index contributed by atoms with van der Waals surface area (Å²) in [5, 5.41) is 16.1. The first-order chi connectivity index (χ1) is 14.2. The van der Waals surface area contributed by atoms with E-state index in [1.54, 1.807) is 22.5 Å². The fourth-order valence-electron chi connectivity index (χ4n) is 2.77. The molecule has 0 saturated heterocycles. The molecule has 4 rings (SSSR count). The molecule has 0 aliphatic carbocycles. The highest BCUT2D eigenvalue weighted by Gasteiger charge is 2.10. The van der Waals surface area contributed by atoms with Gasteiger partial charge in [-0.15, -0.1) is 10.2 Å². The van der Waals surface area contributed by atoms with Crippen LogP contribution in [0.3, 0.4) is 0 Å². The van der Waals surface area contributed by atoms with Crippen molar-refractivity contribution < 1.29 is 4.79 Å². The highest BCUT2D eigenvalue weighted by molar-refractivity contribution is 8.00. The molecular weight excluding hydrogens is 406 g/mol. The zero-order chi connectivity index (χ0) is 20.1. The van der Waals surface area contributed by atoms with Gasteiger partial charge in [-0.25, -0.2) is 0 Å². The maximum absolute atomic E-state index is 12.3. The highest BCUT2D eigenvalue weighted by Crippen LogP contribution is 2.28. The van der Waals surface area contributed by atoms with Crippen molar-refractivity contribution in [1.29, 1.82) is 0 Å². The number of carbonyl (C=O) groups excluding carboxylic acids is 1. The van der Waals surface area contributed by atoms with E-state index >= 15 is 0 Å². The van der Waals surface area contributed by atoms with E-state index in [-0.39, 0.29) is 17.8 Å². The van der Waals surface area contributed by atoms with Crippen LogP contribution in [0.5, 0.6) is 0 Å². The second-order valence-corrected chi connectivity index (χ2v) is 8.39. The summed E-state index contributed by atoms with van der Waals surface area (Å²) in [5.74, 6) is 0.625. The van der Waals surface area contributed by atoms with Crippen LogP contribution in [-0.2, 0) is 17.1 Å². The van der Waals surface area contributed by atoms with Gasteiger partial charge in [0.1, 0.15) is 0 Å². The van der Waals surface area contributed by atoms with E-state index in [0.29, 0.717) is 22.6 Å². The highest BCUT2D eigenvalue weighted by atomic mass is 32.2. The van der Waals surface area contributed by atoms with Crippen molar-refractivity contribution in [2.24, 2.45) is 0 Å². The third-order valence-electron chi connectivity index (χ3n) is 4.17. The topological polar surface area (TPSA) is 89.8 Å². The molecule has 9 heteroatoms. The number of amides is 1. The number of para-hydroxylation sites is 1. The predicted octanol–water partition coefficient (Wildman–Crippen LogP) is 3.57. The van der Waals surface area contributed by atoms with Gasteiger partial charge in [0.2, 0.25) is 16.5 Å². The molecule has 0 fully saturated rings. The Hall–Kier alpha value is -3.04. The average molecular weight is 424 g/mol. The Kier molecular flexibility index (Phi) is 5.97. The molecule has 0 radical (unpaired) electrons. The third-order valence-corrected chi connectivity index (χ3v) is 6.21. The fourth-order valence-corrected chi connectivity index (χ4v) is 4.49. The molecule has 0 saturated carbocycles. The summed E-state index contributed by atoms with van der Waals surface area (Å²) in [5.41, 5.74) is 1.79. The van der Waals surface area contributed by atoms with Crippen molar-refractivity contribution in [3.63, 3.8) is 0 Å². The fraction of sp³-hybridized carbons (Fsp3) is 0.150. The van der Waals surface area contributed by atoms with Crippen LogP contribution in [0.1, 0.15) is 12.0 Å². The van der Waals surface area contributed by atoms with Crippen LogP contribution >= 0.6 is 23.1 Å². The van der Waals surface area contributed by atoms with Crippen molar-refractivity contribution in [1.82, 2.24) is 20.0 Å². The van der Waals surface area contributed by atoms with Crippen LogP contribution in [-0.4, -0.2) is 25.9 Å². The molecule has 2 heterocycles. The number of aryl methyl sites for hydroxylation is 1. The van der Waals surface area contributed by atoms with Gasteiger partial charge >= 0.3 is 0 Å². The van der Waals surface area contributed by atoms with Crippen molar-refractivity contribution in [3.8, 4) is 0 Å². The number of rotatable bonds is 7. The second kappa shape index (κ2) is 8.97. The van der Waals surface area contributed by atoms with Crippen LogP contribution in [0.4, 0.5) is 5.13 Å². The number of fused-ring (bicyclic) bond motifs is 1. The maximum Gasteiger partial charge on any atom is 0.228 e. The lowest BCUT2D eigenvalue weighted by molar-refractivity contribution is -0.116. The van der Waals surface area contributed by atoms with Crippen LogP contribution in [0.2, 0.25) is 0 Å². The molecule has 1 N–H and O–H groups in total. The zero-order valence-electron chi connectivity index (χ0n) is 15.3. The van der Waals surface area contributed by atoms with E-state index in [0.717, 1.165) is 10.1 Å². The largest absolute Gasteiger partial charge is 0.300 e. The summed E-state index contributed by atoms with van der Waals surface area (Å²) in [7, 11) is 0. The predicted molar refractivity (Wildman–Crippen MR) is 115 cm³/mol. The minimum absolute atomic E-state index is 0.129. The molecule has 0 aliphatic heterocycles. The van der Waals surface area contributed by atoms with Crippen molar-refractivity contribution in [3.05, 3.63) is 76.6 Å². The Balaban J connectivity index is 1.33. The summed E-state index contributed by atoms with van der Waals surface area (Å²) in [6.07, 6.45) is 1.49. The number of hydrogen-bond donors (Lipinski definition) is 1. The van der Waals surface area contributed by atoms with Gasteiger partial charge in [-0.1, -0.05) is 65.6 Å². The number of thioether (sulfide) groups is 1. The summed E-state index contributed by atoms with van der Waals surface area (Å²) < 4.78 is 2.47. The van der Waals surface area contributed by atoms with Gasteiger partial charge in [0, 0.05) is 17.6 Å². The molecule has 7 nitrogen and oxygen atoms in total. The molecule has 0 bridgehead atoms. The molecule has 0 aliphatic rings. The number of nitrogens with zero attached hydrogens (tertiary/aromatic N) is 4. The second-order valence-electron chi connectivity index (χ2n) is 6.19. The van der Waals surface area contributed by atoms with E-state index in [4.69, 9.17) is 0 Å². The lowest BCUT2D eigenvalue weighted by Crippen LogP contribution is -2.17. The third kappa shape index (κ3) is 4.87. The van der Waals surface area contributed by atoms with E-state index in [9.17, 15) is 9.59 Å². The van der Waals surface area contributed by atoms with Crippen molar-refractivity contribution >= 4 is 45.0 Å². The standard InChI is InChI=1S/C20H17N5O2S2/c26-17-12-21-25(16-9-5-4-8-15(16)17)11-10-18(27)22-19-23-24-20(29-19)28-13-14-6-2-1-3-7-14/h1-9,12H,10-11,13H2,(H,22,23,27). The smallest absolute Gasteiger partial charge is 0.228 e. The number of carbonyl (C=O) groups is 1. The molecular formula is C20H17N5O2S2. The number of benzene rings is 2. The molecule has 2 aromatic heterocycles. The Labute approximate surface area is 174 Å². The van der Waals surface area contributed by atoms with E-state index in [1.807, 2.05) is 36.4 Å². The van der Waals surface area contributed by atoms with E-state index in [2.05, 4.69) is 32.7 Å². The lowest BCUT2D eigenvalue weighted by Gasteiger charge is -2.08. The Bertz CT molecular complexity index is 1190. The summed E-state index contributed by atoms with van der Waals surface area (Å²) in [6, 6.07) is 17.3. The summed E-state index contributed by atoms with van der Waals surface area (Å²) in [6.45, 7) is 0.362. The Morgan fingerprint density at radius 2 is 1.86 bits per heavy atom. The molecule has 146 valence electrons. The van der Waals surface area contributed by atoms with Crippen LogP contribution in [0.15, 0.2) is 69.9 Å².